The fourth-order valence-corrected chi connectivity index (χ4v) is 7.02. The molecule has 1 aromatic carbocycles. The van der Waals surface area contributed by atoms with Gasteiger partial charge in [-0.25, -0.2) is 0 Å². The Kier molecular flexibility index (Phi) is 8.78. The van der Waals surface area contributed by atoms with Crippen molar-refractivity contribution in [3.05, 3.63) is 28.9 Å². The van der Waals surface area contributed by atoms with E-state index in [-0.39, 0.29) is 11.5 Å². The first-order chi connectivity index (χ1) is 17.9. The second-order valence-corrected chi connectivity index (χ2v) is 12.6. The van der Waals surface area contributed by atoms with E-state index in [9.17, 15) is 4.79 Å². The van der Waals surface area contributed by atoms with Crippen molar-refractivity contribution >= 4 is 28.5 Å². The molecule has 1 N–H and O–H groups in total. The van der Waals surface area contributed by atoms with Gasteiger partial charge >= 0.3 is 0 Å². The van der Waals surface area contributed by atoms with Gasteiger partial charge in [-0.1, -0.05) is 16.8 Å². The Morgan fingerprint density at radius 3 is 2.54 bits per heavy atom. The van der Waals surface area contributed by atoms with Gasteiger partial charge in [0.1, 0.15) is 0 Å². The van der Waals surface area contributed by atoms with Gasteiger partial charge in [-0.2, -0.15) is 0 Å². The summed E-state index contributed by atoms with van der Waals surface area (Å²) in [4.78, 5) is 15.3. The highest BCUT2D eigenvalue weighted by Gasteiger charge is 2.32. The van der Waals surface area contributed by atoms with E-state index in [0.717, 1.165) is 87.0 Å². The van der Waals surface area contributed by atoms with Crippen LogP contribution in [-0.4, -0.2) is 54.4 Å². The van der Waals surface area contributed by atoms with Gasteiger partial charge in [-0.05, 0) is 121 Å². The van der Waals surface area contributed by atoms with Gasteiger partial charge in [0, 0.05) is 42.0 Å². The van der Waals surface area contributed by atoms with Crippen LogP contribution in [0.3, 0.4) is 0 Å². The molecule has 1 aromatic heterocycles. The molecule has 204 valence electrons. The topological polar surface area (TPSA) is 67.6 Å². The fourth-order valence-electron chi connectivity index (χ4n) is 6.86. The van der Waals surface area contributed by atoms with Crippen LogP contribution >= 0.6 is 11.6 Å². The Balaban J connectivity index is 0.972. The quantitative estimate of drug-likeness (QED) is 0.411. The maximum atomic E-state index is 12.7. The number of piperidine rings is 1. The van der Waals surface area contributed by atoms with Crippen molar-refractivity contribution in [2.75, 3.05) is 26.7 Å². The van der Waals surface area contributed by atoms with Crippen LogP contribution in [0.4, 0.5) is 0 Å². The number of ether oxygens (including phenoxy) is 1. The number of nitrogens with zero attached hydrogens (tertiary/aromatic N) is 2. The van der Waals surface area contributed by atoms with Crippen LogP contribution in [0.15, 0.2) is 22.7 Å². The number of halogens is 1. The lowest BCUT2D eigenvalue weighted by molar-refractivity contribution is -0.124. The molecule has 2 saturated carbocycles. The van der Waals surface area contributed by atoms with E-state index in [0.29, 0.717) is 29.3 Å². The molecule has 0 bridgehead atoms. The number of carbonyl (C=O) groups excluding carboxylic acids is 1. The number of benzene rings is 1. The number of methoxy groups -OCH3 is 1. The highest BCUT2D eigenvalue weighted by molar-refractivity contribution is 6.31. The summed E-state index contributed by atoms with van der Waals surface area (Å²) in [5.74, 6) is 2.04. The lowest BCUT2D eigenvalue weighted by Gasteiger charge is -2.36. The molecule has 1 amide bonds. The minimum atomic E-state index is 0.0163. The van der Waals surface area contributed by atoms with Crippen molar-refractivity contribution in [1.82, 2.24) is 15.4 Å². The molecule has 3 fully saturated rings. The zero-order valence-electron chi connectivity index (χ0n) is 22.6. The standard InChI is InChI=1S/C30H44ClN3O3/c1-30(36-2)14-9-22(10-15-30)19-28(35)32-25-6-3-21(4-7-25)11-16-34-17-12-23(13-18-34)29-26-8-5-24(31)20-27(26)37-33-29/h5,8,20-23,25H,3-4,6-7,9-19H2,1-2H3,(H,32,35)/t21?,22-,25?,30+. The predicted molar refractivity (Wildman–Crippen MR) is 148 cm³/mol. The van der Waals surface area contributed by atoms with E-state index in [1.165, 1.54) is 25.8 Å². The lowest BCUT2D eigenvalue weighted by Crippen LogP contribution is -2.40. The van der Waals surface area contributed by atoms with Gasteiger partial charge in [0.05, 0.1) is 11.3 Å². The molecule has 1 saturated heterocycles. The SMILES string of the molecule is CO[C@]1(C)CC[C@H](CC(=O)NC2CCC(CCN3CCC(c4noc5cc(Cl)ccc45)CC3)CC2)CC1. The largest absolute Gasteiger partial charge is 0.379 e. The van der Waals surface area contributed by atoms with Crippen molar-refractivity contribution in [2.24, 2.45) is 11.8 Å². The van der Waals surface area contributed by atoms with Gasteiger partial charge in [-0.3, -0.25) is 4.79 Å². The summed E-state index contributed by atoms with van der Waals surface area (Å²) in [6, 6.07) is 6.20. The molecule has 0 spiro atoms. The number of hydrogen-bond donors (Lipinski definition) is 1. The summed E-state index contributed by atoms with van der Waals surface area (Å²) in [6.07, 6.45) is 13.3. The van der Waals surface area contributed by atoms with E-state index in [1.807, 2.05) is 25.3 Å². The monoisotopic (exact) mass is 529 g/mol. The van der Waals surface area contributed by atoms with Gasteiger partial charge in [0.25, 0.3) is 0 Å². The number of amides is 1. The minimum absolute atomic E-state index is 0.0163. The summed E-state index contributed by atoms with van der Waals surface area (Å²) in [5.41, 5.74) is 1.91. The summed E-state index contributed by atoms with van der Waals surface area (Å²) < 4.78 is 11.2. The Morgan fingerprint density at radius 1 is 1.11 bits per heavy atom. The minimum Gasteiger partial charge on any atom is -0.379 e. The molecular formula is C30H44ClN3O3. The van der Waals surface area contributed by atoms with E-state index in [2.05, 4.69) is 22.3 Å². The number of nitrogens with one attached hydrogen (secondary N) is 1. The van der Waals surface area contributed by atoms with Crippen molar-refractivity contribution in [1.29, 1.82) is 0 Å². The Bertz CT molecular complexity index is 1030. The second kappa shape index (κ2) is 12.0. The van der Waals surface area contributed by atoms with Crippen LogP contribution in [0, 0.1) is 11.8 Å². The number of aromatic nitrogens is 1. The second-order valence-electron chi connectivity index (χ2n) is 12.2. The molecule has 37 heavy (non-hydrogen) atoms. The summed E-state index contributed by atoms with van der Waals surface area (Å²) in [7, 11) is 1.81. The normalized spacial score (nSPS) is 30.0. The molecule has 3 aliphatic rings. The van der Waals surface area contributed by atoms with Gasteiger partial charge in [0.2, 0.25) is 5.91 Å². The van der Waals surface area contributed by atoms with Crippen molar-refractivity contribution in [2.45, 2.75) is 102 Å². The number of hydrogen-bond acceptors (Lipinski definition) is 5. The fraction of sp³-hybridized carbons (Fsp3) is 0.733. The van der Waals surface area contributed by atoms with E-state index >= 15 is 0 Å². The molecule has 2 aromatic rings. The highest BCUT2D eigenvalue weighted by atomic mass is 35.5. The summed E-state index contributed by atoms with van der Waals surface area (Å²) in [6.45, 7) is 5.64. The third kappa shape index (κ3) is 6.88. The first kappa shape index (κ1) is 27.0. The van der Waals surface area contributed by atoms with Crippen molar-refractivity contribution < 1.29 is 14.1 Å². The molecule has 0 radical (unpaired) electrons. The Labute approximate surface area is 226 Å². The molecule has 2 heterocycles. The zero-order chi connectivity index (χ0) is 25.8. The molecule has 0 unspecified atom stereocenters. The average Bonchev–Trinajstić information content (AvgIpc) is 3.33. The zero-order valence-corrected chi connectivity index (χ0v) is 23.4. The van der Waals surface area contributed by atoms with E-state index in [1.54, 1.807) is 0 Å². The van der Waals surface area contributed by atoms with Crippen LogP contribution in [0.5, 0.6) is 0 Å². The Hall–Kier alpha value is -1.63. The first-order valence-electron chi connectivity index (χ1n) is 14.5. The van der Waals surface area contributed by atoms with Gasteiger partial charge in [0.15, 0.2) is 5.58 Å². The average molecular weight is 530 g/mol. The third-order valence-electron chi connectivity index (χ3n) is 9.63. The molecule has 0 atom stereocenters. The van der Waals surface area contributed by atoms with Crippen LogP contribution in [-0.2, 0) is 9.53 Å². The van der Waals surface area contributed by atoms with Crippen LogP contribution in [0.2, 0.25) is 5.02 Å². The predicted octanol–water partition coefficient (Wildman–Crippen LogP) is 6.71. The van der Waals surface area contributed by atoms with Crippen LogP contribution < -0.4 is 5.32 Å². The Morgan fingerprint density at radius 2 is 1.84 bits per heavy atom. The number of rotatable bonds is 8. The molecule has 2 aliphatic carbocycles. The molecule has 6 nitrogen and oxygen atoms in total. The van der Waals surface area contributed by atoms with E-state index < -0.39 is 0 Å². The van der Waals surface area contributed by atoms with Gasteiger partial charge in [-0.15, -0.1) is 0 Å². The number of fused-ring (bicyclic) bond motifs is 1. The number of likely N-dealkylation sites (tertiary alicyclic amines) is 1. The van der Waals surface area contributed by atoms with Crippen molar-refractivity contribution in [3.8, 4) is 0 Å². The molecule has 5 rings (SSSR count). The highest BCUT2D eigenvalue weighted by Crippen LogP contribution is 2.36. The van der Waals surface area contributed by atoms with Gasteiger partial charge < -0.3 is 19.5 Å². The maximum Gasteiger partial charge on any atom is 0.220 e. The lowest BCUT2D eigenvalue weighted by atomic mass is 9.78. The smallest absolute Gasteiger partial charge is 0.220 e. The summed E-state index contributed by atoms with van der Waals surface area (Å²) in [5, 5.41) is 9.55. The van der Waals surface area contributed by atoms with Crippen LogP contribution in [0.1, 0.15) is 95.6 Å². The van der Waals surface area contributed by atoms with Crippen molar-refractivity contribution in [3.63, 3.8) is 0 Å². The van der Waals surface area contributed by atoms with Crippen LogP contribution in [0.25, 0.3) is 11.0 Å². The molecular weight excluding hydrogens is 486 g/mol. The number of carbonyl (C=O) groups is 1. The molecule has 1 aliphatic heterocycles. The summed E-state index contributed by atoms with van der Waals surface area (Å²) >= 11 is 6.09. The third-order valence-corrected chi connectivity index (χ3v) is 9.87. The van der Waals surface area contributed by atoms with E-state index in [4.69, 9.17) is 20.9 Å². The molecule has 7 heteroatoms. The first-order valence-corrected chi connectivity index (χ1v) is 14.9. The maximum absolute atomic E-state index is 12.7.